The molecule has 5 nitrogen and oxygen atoms in total. The number of aryl methyl sites for hydroxylation is 1. The van der Waals surface area contributed by atoms with Crippen molar-refractivity contribution in [1.29, 1.82) is 0 Å². The Morgan fingerprint density at radius 1 is 1.14 bits per heavy atom. The minimum absolute atomic E-state index is 0.177. The van der Waals surface area contributed by atoms with Crippen LogP contribution in [0.3, 0.4) is 0 Å². The molecule has 0 heterocycles. The first-order valence-corrected chi connectivity index (χ1v) is 6.58. The van der Waals surface area contributed by atoms with Crippen molar-refractivity contribution < 1.29 is 9.53 Å². The van der Waals surface area contributed by atoms with Crippen molar-refractivity contribution >= 4 is 23.0 Å². The smallest absolute Gasteiger partial charge is 0.253 e. The molecular weight excluding hydrogens is 266 g/mol. The predicted octanol–water partition coefficient (Wildman–Crippen LogP) is 2.69. The number of hydrogen-bond donors (Lipinski definition) is 3. The molecule has 110 valence electrons. The van der Waals surface area contributed by atoms with Crippen LogP contribution in [0.1, 0.15) is 15.9 Å². The second-order valence-corrected chi connectivity index (χ2v) is 4.71. The number of methoxy groups -OCH3 is 1. The molecule has 0 fully saturated rings. The Bertz CT molecular complexity index is 669. The summed E-state index contributed by atoms with van der Waals surface area (Å²) in [5.74, 6) is 0.523. The van der Waals surface area contributed by atoms with E-state index in [-0.39, 0.29) is 5.91 Å². The molecule has 1 amide bonds. The van der Waals surface area contributed by atoms with Crippen LogP contribution in [0.2, 0.25) is 0 Å². The van der Waals surface area contributed by atoms with Gasteiger partial charge in [0.1, 0.15) is 5.75 Å². The van der Waals surface area contributed by atoms with Gasteiger partial charge in [-0.2, -0.15) is 0 Å². The van der Waals surface area contributed by atoms with Gasteiger partial charge in [-0.15, -0.1) is 0 Å². The summed E-state index contributed by atoms with van der Waals surface area (Å²) < 4.78 is 5.34. The number of benzene rings is 2. The molecule has 0 atom stereocenters. The van der Waals surface area contributed by atoms with Gasteiger partial charge >= 0.3 is 0 Å². The van der Waals surface area contributed by atoms with Crippen molar-refractivity contribution in [3.05, 3.63) is 47.5 Å². The van der Waals surface area contributed by atoms with Crippen LogP contribution >= 0.6 is 0 Å². The number of ether oxygens (including phenoxy) is 1. The molecule has 2 rings (SSSR count). The highest BCUT2D eigenvalue weighted by atomic mass is 16.5. The van der Waals surface area contributed by atoms with Crippen molar-refractivity contribution in [1.82, 2.24) is 5.32 Å². The zero-order valence-electron chi connectivity index (χ0n) is 12.4. The molecular formula is C16H19N3O2. The summed E-state index contributed by atoms with van der Waals surface area (Å²) in [7, 11) is 3.20. The molecule has 0 aliphatic heterocycles. The summed E-state index contributed by atoms with van der Waals surface area (Å²) in [4.78, 5) is 11.9. The SMILES string of the molecule is CNC(=O)c1ccc(N)cc1Nc1cc(C)ccc1OC. The summed E-state index contributed by atoms with van der Waals surface area (Å²) in [5.41, 5.74) is 9.43. The van der Waals surface area contributed by atoms with E-state index in [1.165, 1.54) is 0 Å². The van der Waals surface area contributed by atoms with Crippen molar-refractivity contribution in [2.24, 2.45) is 0 Å². The van der Waals surface area contributed by atoms with E-state index in [2.05, 4.69) is 10.6 Å². The van der Waals surface area contributed by atoms with Crippen molar-refractivity contribution in [2.45, 2.75) is 6.92 Å². The topological polar surface area (TPSA) is 76.4 Å². The number of amides is 1. The molecule has 0 aromatic heterocycles. The first-order valence-electron chi connectivity index (χ1n) is 6.58. The van der Waals surface area contributed by atoms with Gasteiger partial charge < -0.3 is 21.1 Å². The van der Waals surface area contributed by atoms with Crippen LogP contribution < -0.4 is 21.1 Å². The molecule has 2 aromatic rings. The molecule has 5 heteroatoms. The molecule has 0 aliphatic rings. The molecule has 0 spiro atoms. The second-order valence-electron chi connectivity index (χ2n) is 4.71. The van der Waals surface area contributed by atoms with E-state index >= 15 is 0 Å². The van der Waals surface area contributed by atoms with Crippen LogP contribution in [0, 0.1) is 6.92 Å². The predicted molar refractivity (Wildman–Crippen MR) is 85.3 cm³/mol. The van der Waals surface area contributed by atoms with Crippen LogP contribution in [0.25, 0.3) is 0 Å². The van der Waals surface area contributed by atoms with Crippen molar-refractivity contribution in [3.63, 3.8) is 0 Å². The highest BCUT2D eigenvalue weighted by Gasteiger charge is 2.12. The minimum atomic E-state index is -0.177. The Kier molecular flexibility index (Phi) is 4.33. The number of carbonyl (C=O) groups excluding carboxylic acids is 1. The number of hydrogen-bond acceptors (Lipinski definition) is 4. The standard InChI is InChI=1S/C16H19N3O2/c1-10-4-7-15(21-3)14(8-10)19-13-9-11(17)5-6-12(13)16(20)18-2/h4-9,19H,17H2,1-3H3,(H,18,20). The van der Waals surface area contributed by atoms with Crippen LogP contribution in [-0.2, 0) is 0 Å². The summed E-state index contributed by atoms with van der Waals surface area (Å²) in [6.45, 7) is 1.99. The summed E-state index contributed by atoms with van der Waals surface area (Å²) >= 11 is 0. The van der Waals surface area contributed by atoms with E-state index in [1.54, 1.807) is 32.4 Å². The van der Waals surface area contributed by atoms with Crippen LogP contribution in [-0.4, -0.2) is 20.1 Å². The average Bonchev–Trinajstić information content (AvgIpc) is 2.47. The van der Waals surface area contributed by atoms with E-state index in [4.69, 9.17) is 10.5 Å². The largest absolute Gasteiger partial charge is 0.495 e. The van der Waals surface area contributed by atoms with E-state index in [9.17, 15) is 4.79 Å². The first kappa shape index (κ1) is 14.7. The fraction of sp³-hybridized carbons (Fsp3) is 0.188. The monoisotopic (exact) mass is 285 g/mol. The lowest BCUT2D eigenvalue weighted by Gasteiger charge is -2.15. The number of anilines is 3. The third-order valence-electron chi connectivity index (χ3n) is 3.14. The normalized spacial score (nSPS) is 10.0. The molecule has 0 saturated carbocycles. The Morgan fingerprint density at radius 2 is 1.90 bits per heavy atom. The third-order valence-corrected chi connectivity index (χ3v) is 3.14. The van der Waals surface area contributed by atoms with Crippen molar-refractivity contribution in [2.75, 3.05) is 25.2 Å². The maximum atomic E-state index is 11.9. The number of rotatable bonds is 4. The van der Waals surface area contributed by atoms with E-state index in [0.717, 1.165) is 11.3 Å². The van der Waals surface area contributed by atoms with Gasteiger partial charge in [0.2, 0.25) is 0 Å². The summed E-state index contributed by atoms with van der Waals surface area (Å²) in [6.07, 6.45) is 0. The summed E-state index contributed by atoms with van der Waals surface area (Å²) in [6, 6.07) is 10.9. The molecule has 0 unspecified atom stereocenters. The Labute approximate surface area is 124 Å². The lowest BCUT2D eigenvalue weighted by molar-refractivity contribution is 0.0964. The zero-order chi connectivity index (χ0) is 15.4. The van der Waals surface area contributed by atoms with Gasteiger partial charge in [-0.05, 0) is 42.8 Å². The van der Waals surface area contributed by atoms with E-state index in [1.807, 2.05) is 25.1 Å². The maximum absolute atomic E-state index is 11.9. The van der Waals surface area contributed by atoms with Gasteiger partial charge in [0, 0.05) is 12.7 Å². The molecule has 2 aromatic carbocycles. The Balaban J connectivity index is 2.46. The molecule has 0 bridgehead atoms. The highest BCUT2D eigenvalue weighted by Crippen LogP contribution is 2.31. The van der Waals surface area contributed by atoms with Gasteiger partial charge in [0.15, 0.2) is 0 Å². The Morgan fingerprint density at radius 3 is 2.57 bits per heavy atom. The van der Waals surface area contributed by atoms with Crippen LogP contribution in [0.4, 0.5) is 17.1 Å². The number of nitrogens with two attached hydrogens (primary N) is 1. The van der Waals surface area contributed by atoms with Crippen LogP contribution in [0.5, 0.6) is 5.75 Å². The van der Waals surface area contributed by atoms with Crippen LogP contribution in [0.15, 0.2) is 36.4 Å². The molecule has 0 radical (unpaired) electrons. The lowest BCUT2D eigenvalue weighted by atomic mass is 10.1. The lowest BCUT2D eigenvalue weighted by Crippen LogP contribution is -2.19. The number of nitrogen functional groups attached to an aromatic ring is 1. The number of nitrogens with one attached hydrogen (secondary N) is 2. The molecule has 0 aliphatic carbocycles. The van der Waals surface area contributed by atoms with Gasteiger partial charge in [-0.25, -0.2) is 0 Å². The van der Waals surface area contributed by atoms with Gasteiger partial charge in [-0.1, -0.05) is 6.07 Å². The van der Waals surface area contributed by atoms with Crippen molar-refractivity contribution in [3.8, 4) is 5.75 Å². The van der Waals surface area contributed by atoms with Gasteiger partial charge in [0.05, 0.1) is 24.0 Å². The average molecular weight is 285 g/mol. The summed E-state index contributed by atoms with van der Waals surface area (Å²) in [5, 5.41) is 5.84. The minimum Gasteiger partial charge on any atom is -0.495 e. The molecule has 4 N–H and O–H groups in total. The third kappa shape index (κ3) is 3.25. The fourth-order valence-corrected chi connectivity index (χ4v) is 2.06. The maximum Gasteiger partial charge on any atom is 0.253 e. The van der Waals surface area contributed by atoms with E-state index < -0.39 is 0 Å². The molecule has 21 heavy (non-hydrogen) atoms. The van der Waals surface area contributed by atoms with Gasteiger partial charge in [-0.3, -0.25) is 4.79 Å². The highest BCUT2D eigenvalue weighted by molar-refractivity contribution is 6.01. The quantitative estimate of drug-likeness (QED) is 0.755. The molecule has 0 saturated heterocycles. The number of carbonyl (C=O) groups is 1. The second kappa shape index (κ2) is 6.17. The zero-order valence-corrected chi connectivity index (χ0v) is 12.4. The Hall–Kier alpha value is -2.69. The van der Waals surface area contributed by atoms with E-state index in [0.29, 0.717) is 22.7 Å². The first-order chi connectivity index (χ1) is 10.0. The van der Waals surface area contributed by atoms with Gasteiger partial charge in [0.25, 0.3) is 5.91 Å². The fourth-order valence-electron chi connectivity index (χ4n) is 2.06.